The average molecular weight is 879 g/mol. The molecule has 0 aromatic carbocycles. The fraction of sp³-hybridized carbons (Fsp3) is 0.957. The minimum atomic E-state index is -4.60. The molecule has 1 rings (SSSR count). The summed E-state index contributed by atoms with van der Waals surface area (Å²) in [5.41, 5.74) is 0. The van der Waals surface area contributed by atoms with E-state index in [1.807, 2.05) is 0 Å². The van der Waals surface area contributed by atoms with Crippen molar-refractivity contribution in [2.75, 3.05) is 19.0 Å². The maximum Gasteiger partial charge on any atom is 0.306 e. The van der Waals surface area contributed by atoms with Crippen LogP contribution >= 0.6 is 0 Å². The Hall–Kier alpha value is -1.35. The average Bonchev–Trinajstić information content (AvgIpc) is 3.21. The number of carbonyl (C=O) groups excluding carboxylic acids is 2. The molecule has 0 aromatic rings. The number of hydrogen-bond donors (Lipinski definition) is 4. The second kappa shape index (κ2) is 38.1. The molecular weight excluding hydrogens is 789 g/mol. The van der Waals surface area contributed by atoms with Crippen LogP contribution in [0.4, 0.5) is 0 Å². The second-order valence-electron chi connectivity index (χ2n) is 17.5. The van der Waals surface area contributed by atoms with Crippen molar-refractivity contribution < 1.29 is 56.8 Å². The molecule has 1 fully saturated rings. The van der Waals surface area contributed by atoms with Crippen LogP contribution < -0.4 is 0 Å². The third-order valence-corrected chi connectivity index (χ3v) is 12.4. The summed E-state index contributed by atoms with van der Waals surface area (Å²) in [6.45, 7) is 3.76. The number of aliphatic hydroxyl groups excluding tert-OH is 3. The monoisotopic (exact) mass is 879 g/mol. The number of hydrogen-bond acceptors (Lipinski definition) is 11. The number of carbonyl (C=O) groups is 2. The summed E-state index contributed by atoms with van der Waals surface area (Å²) in [7, 11) is -4.60. The minimum absolute atomic E-state index is 0.173. The number of unbranched alkanes of at least 4 members (excludes halogenated alkanes) is 30. The smallest absolute Gasteiger partial charge is 0.306 e. The van der Waals surface area contributed by atoms with E-state index in [2.05, 4.69) is 13.8 Å². The highest BCUT2D eigenvalue weighted by molar-refractivity contribution is 7.85. The minimum Gasteiger partial charge on any atom is -0.462 e. The summed E-state index contributed by atoms with van der Waals surface area (Å²) in [5.74, 6) is -1.96. The molecule has 1 saturated heterocycles. The number of rotatable bonds is 42. The van der Waals surface area contributed by atoms with Crippen LogP contribution in [0, 0.1) is 0 Å². The SMILES string of the molecule is CCCCCCCCCCCCCCCCCCCCCCCCCC(=O)OC(COC(=O)CCCCCCCCCCC)COC1OC(CS(=O)(=O)O)C(O)C(O)C1O. The second-order valence-corrected chi connectivity index (χ2v) is 19.0. The van der Waals surface area contributed by atoms with Crippen LogP contribution in [0.2, 0.25) is 0 Å². The molecule has 13 heteroatoms. The predicted molar refractivity (Wildman–Crippen MR) is 238 cm³/mol. The molecule has 1 aliphatic heterocycles. The third kappa shape index (κ3) is 32.3. The Morgan fingerprint density at radius 3 is 1.22 bits per heavy atom. The molecule has 1 aliphatic rings. The van der Waals surface area contributed by atoms with Crippen molar-refractivity contribution >= 4 is 22.1 Å². The first-order valence-electron chi connectivity index (χ1n) is 24.6. The van der Waals surface area contributed by atoms with E-state index in [0.29, 0.717) is 12.8 Å². The van der Waals surface area contributed by atoms with E-state index >= 15 is 0 Å². The zero-order valence-electron chi connectivity index (χ0n) is 38.1. The summed E-state index contributed by atoms with van der Waals surface area (Å²) in [6.07, 6.45) is 30.3. The van der Waals surface area contributed by atoms with Crippen LogP contribution in [0.25, 0.3) is 0 Å². The van der Waals surface area contributed by atoms with Gasteiger partial charge < -0.3 is 34.3 Å². The lowest BCUT2D eigenvalue weighted by Gasteiger charge is -2.40. The maximum absolute atomic E-state index is 12.8. The highest BCUT2D eigenvalue weighted by Crippen LogP contribution is 2.24. The van der Waals surface area contributed by atoms with Gasteiger partial charge in [0.1, 0.15) is 36.8 Å². The van der Waals surface area contributed by atoms with Gasteiger partial charge in [-0.2, -0.15) is 8.42 Å². The molecule has 4 N–H and O–H groups in total. The Labute approximate surface area is 365 Å². The number of esters is 2. The Bertz CT molecular complexity index is 1120. The molecule has 6 atom stereocenters. The van der Waals surface area contributed by atoms with Gasteiger partial charge in [0, 0.05) is 12.8 Å². The molecule has 0 amide bonds. The van der Waals surface area contributed by atoms with Crippen molar-refractivity contribution in [3.63, 3.8) is 0 Å². The summed E-state index contributed by atoms with van der Waals surface area (Å²) < 4.78 is 54.0. The van der Waals surface area contributed by atoms with Gasteiger partial charge in [-0.05, 0) is 12.8 Å². The Morgan fingerprint density at radius 1 is 0.500 bits per heavy atom. The van der Waals surface area contributed by atoms with Crippen LogP contribution in [0.15, 0.2) is 0 Å². The molecule has 0 saturated carbocycles. The zero-order chi connectivity index (χ0) is 44.1. The van der Waals surface area contributed by atoms with E-state index in [1.165, 1.54) is 154 Å². The Kier molecular flexibility index (Phi) is 36.0. The molecule has 356 valence electrons. The van der Waals surface area contributed by atoms with Gasteiger partial charge in [0.25, 0.3) is 10.1 Å². The van der Waals surface area contributed by atoms with Gasteiger partial charge in [-0.3, -0.25) is 14.1 Å². The van der Waals surface area contributed by atoms with Crippen molar-refractivity contribution in [2.45, 2.75) is 269 Å². The van der Waals surface area contributed by atoms with Crippen LogP contribution in [-0.2, 0) is 38.7 Å². The van der Waals surface area contributed by atoms with Crippen molar-refractivity contribution in [2.24, 2.45) is 0 Å². The summed E-state index contributed by atoms with van der Waals surface area (Å²) in [4.78, 5) is 25.4. The molecule has 0 bridgehead atoms. The van der Waals surface area contributed by atoms with E-state index in [4.69, 9.17) is 18.9 Å². The summed E-state index contributed by atoms with van der Waals surface area (Å²) in [6, 6.07) is 0. The largest absolute Gasteiger partial charge is 0.462 e. The number of aliphatic hydroxyl groups is 3. The fourth-order valence-corrected chi connectivity index (χ4v) is 8.55. The van der Waals surface area contributed by atoms with E-state index in [9.17, 15) is 37.9 Å². The predicted octanol–water partition coefficient (Wildman–Crippen LogP) is 10.5. The summed E-state index contributed by atoms with van der Waals surface area (Å²) >= 11 is 0. The van der Waals surface area contributed by atoms with Crippen LogP contribution in [0.1, 0.15) is 232 Å². The van der Waals surface area contributed by atoms with Crippen LogP contribution in [0.3, 0.4) is 0 Å². The molecule has 0 spiro atoms. The van der Waals surface area contributed by atoms with Crippen molar-refractivity contribution in [3.05, 3.63) is 0 Å². The maximum atomic E-state index is 12.8. The van der Waals surface area contributed by atoms with Gasteiger partial charge in [0.2, 0.25) is 0 Å². The first-order valence-corrected chi connectivity index (χ1v) is 26.2. The van der Waals surface area contributed by atoms with Crippen molar-refractivity contribution in [3.8, 4) is 0 Å². The highest BCUT2D eigenvalue weighted by atomic mass is 32.2. The Morgan fingerprint density at radius 2 is 0.850 bits per heavy atom. The van der Waals surface area contributed by atoms with Gasteiger partial charge in [-0.1, -0.05) is 206 Å². The highest BCUT2D eigenvalue weighted by Gasteiger charge is 2.46. The molecule has 0 radical (unpaired) electrons. The standard InChI is InChI=1S/C47H90O12S/c1-3-5-7-9-11-13-14-15-16-17-18-19-20-21-22-23-24-25-26-28-30-32-34-36-43(49)58-40(37-56-42(48)35-33-31-29-27-12-10-8-6-4-2)38-57-47-46(52)45(51)44(50)41(59-47)39-60(53,54)55/h40-41,44-47,50-52H,3-39H2,1-2H3,(H,53,54,55). The first kappa shape index (κ1) is 56.7. The van der Waals surface area contributed by atoms with Crippen molar-refractivity contribution in [1.29, 1.82) is 0 Å². The lowest BCUT2D eigenvalue weighted by atomic mass is 10.00. The molecule has 12 nitrogen and oxygen atoms in total. The van der Waals surface area contributed by atoms with Gasteiger partial charge in [0.15, 0.2) is 12.4 Å². The van der Waals surface area contributed by atoms with E-state index in [0.717, 1.165) is 38.5 Å². The lowest BCUT2D eigenvalue weighted by molar-refractivity contribution is -0.297. The van der Waals surface area contributed by atoms with Gasteiger partial charge in [0.05, 0.1) is 6.61 Å². The van der Waals surface area contributed by atoms with E-state index < -0.39 is 71.2 Å². The fourth-order valence-electron chi connectivity index (χ4n) is 7.86. The number of ether oxygens (including phenoxy) is 4. The van der Waals surface area contributed by atoms with E-state index in [-0.39, 0.29) is 19.4 Å². The lowest BCUT2D eigenvalue weighted by Crippen LogP contribution is -2.60. The van der Waals surface area contributed by atoms with Gasteiger partial charge in [-0.25, -0.2) is 0 Å². The molecule has 0 aromatic heterocycles. The topological polar surface area (TPSA) is 186 Å². The zero-order valence-corrected chi connectivity index (χ0v) is 38.9. The molecular formula is C47H90O12S. The van der Waals surface area contributed by atoms with Gasteiger partial charge >= 0.3 is 11.9 Å². The summed E-state index contributed by atoms with van der Waals surface area (Å²) in [5, 5.41) is 30.9. The molecule has 0 aliphatic carbocycles. The molecule has 1 heterocycles. The first-order chi connectivity index (χ1) is 29.0. The Balaban J connectivity index is 2.30. The van der Waals surface area contributed by atoms with Gasteiger partial charge in [-0.15, -0.1) is 0 Å². The quantitative estimate of drug-likeness (QED) is 0.0259. The van der Waals surface area contributed by atoms with Crippen LogP contribution in [-0.4, -0.2) is 96.0 Å². The molecule has 60 heavy (non-hydrogen) atoms. The third-order valence-electron chi connectivity index (χ3n) is 11.7. The molecule has 6 unspecified atom stereocenters. The normalized spacial score (nSPS) is 20.0. The van der Waals surface area contributed by atoms with Crippen molar-refractivity contribution in [1.82, 2.24) is 0 Å². The van der Waals surface area contributed by atoms with E-state index in [1.54, 1.807) is 0 Å². The van der Waals surface area contributed by atoms with Crippen LogP contribution in [0.5, 0.6) is 0 Å².